The summed E-state index contributed by atoms with van der Waals surface area (Å²) in [5, 5.41) is 120. The maximum absolute atomic E-state index is 13.4. The van der Waals surface area contributed by atoms with Crippen LogP contribution in [-0.4, -0.2) is 193 Å². The number of unbranched alkanes of at least 4 members (excludes halogenated alkanes) is 19. The monoisotopic (exact) mass is 1290 g/mol. The minimum Gasteiger partial charge on any atom is -0.394 e. The van der Waals surface area contributed by atoms with Crippen LogP contribution in [0.5, 0.6) is 0 Å². The molecule has 0 spiro atoms. The van der Waals surface area contributed by atoms with Gasteiger partial charge in [0.2, 0.25) is 5.91 Å². The second kappa shape index (κ2) is 52.7. The highest BCUT2D eigenvalue weighted by atomic mass is 16.8. The lowest BCUT2D eigenvalue weighted by Gasteiger charge is -2.48. The van der Waals surface area contributed by atoms with E-state index in [4.69, 9.17) is 28.4 Å². The lowest BCUT2D eigenvalue weighted by atomic mass is 9.96. The third-order valence-electron chi connectivity index (χ3n) is 16.5. The van der Waals surface area contributed by atoms with Crippen LogP contribution in [-0.2, 0) is 33.2 Å². The molecule has 0 aliphatic carbocycles. The number of nitrogens with one attached hydrogen (secondary N) is 1. The highest BCUT2D eigenvalue weighted by Gasteiger charge is 2.53. The van der Waals surface area contributed by atoms with E-state index in [1.54, 1.807) is 6.08 Å². The highest BCUT2D eigenvalue weighted by Crippen LogP contribution is 2.33. The van der Waals surface area contributed by atoms with Gasteiger partial charge in [-0.15, -0.1) is 0 Å². The van der Waals surface area contributed by atoms with Gasteiger partial charge in [0, 0.05) is 6.42 Å². The molecule has 3 aliphatic rings. The van der Waals surface area contributed by atoms with Crippen molar-refractivity contribution >= 4 is 5.91 Å². The van der Waals surface area contributed by atoms with Gasteiger partial charge in [-0.1, -0.05) is 213 Å². The Kier molecular flexibility index (Phi) is 47.3. The van der Waals surface area contributed by atoms with E-state index < -0.39 is 124 Å². The summed E-state index contributed by atoms with van der Waals surface area (Å²) < 4.78 is 34.3. The second-order valence-electron chi connectivity index (χ2n) is 24.2. The Hall–Kier alpha value is -3.55. The number of hydrogen-bond acceptors (Lipinski definition) is 18. The Labute approximate surface area is 545 Å². The zero-order valence-electron chi connectivity index (χ0n) is 55.0. The van der Waals surface area contributed by atoms with E-state index in [1.807, 2.05) is 6.08 Å². The summed E-state index contributed by atoms with van der Waals surface area (Å²) in [6.07, 6.45) is 43.4. The molecule has 3 fully saturated rings. The first kappa shape index (κ1) is 81.7. The molecule has 522 valence electrons. The molecule has 1 amide bonds. The number of carbonyl (C=O) groups excluding carboxylic acids is 1. The molecule has 0 aromatic rings. The summed E-state index contributed by atoms with van der Waals surface area (Å²) in [4.78, 5) is 13.4. The van der Waals surface area contributed by atoms with E-state index in [2.05, 4.69) is 116 Å². The summed E-state index contributed by atoms with van der Waals surface area (Å²) in [6, 6.07) is -1.01. The van der Waals surface area contributed by atoms with E-state index in [-0.39, 0.29) is 18.9 Å². The van der Waals surface area contributed by atoms with Crippen LogP contribution in [0.3, 0.4) is 0 Å². The van der Waals surface area contributed by atoms with Gasteiger partial charge in [0.25, 0.3) is 0 Å². The van der Waals surface area contributed by atoms with Crippen molar-refractivity contribution in [1.29, 1.82) is 0 Å². The maximum Gasteiger partial charge on any atom is 0.220 e. The Morgan fingerprint density at radius 3 is 1.23 bits per heavy atom. The number of amides is 1. The predicted octanol–water partition coefficient (Wildman–Crippen LogP) is 9.05. The zero-order chi connectivity index (χ0) is 66.1. The van der Waals surface area contributed by atoms with E-state index in [0.717, 1.165) is 103 Å². The van der Waals surface area contributed by atoms with Gasteiger partial charge in [0.05, 0.1) is 38.6 Å². The Morgan fingerprint density at radius 1 is 0.407 bits per heavy atom. The van der Waals surface area contributed by atoms with Crippen molar-refractivity contribution in [2.24, 2.45) is 0 Å². The second-order valence-corrected chi connectivity index (χ2v) is 24.2. The molecule has 17 atom stereocenters. The molecule has 3 aliphatic heterocycles. The molecule has 17 unspecified atom stereocenters. The van der Waals surface area contributed by atoms with E-state index in [0.29, 0.717) is 12.8 Å². The van der Waals surface area contributed by atoms with Crippen LogP contribution >= 0.6 is 0 Å². The largest absolute Gasteiger partial charge is 0.394 e. The normalized spacial score (nSPS) is 28.6. The Balaban J connectivity index is 1.47. The molecule has 19 heteroatoms. The first-order valence-electron chi connectivity index (χ1n) is 34.6. The lowest BCUT2D eigenvalue weighted by Crippen LogP contribution is -2.66. The Bertz CT molecular complexity index is 2070. The van der Waals surface area contributed by atoms with Gasteiger partial charge in [-0.2, -0.15) is 0 Å². The first-order valence-corrected chi connectivity index (χ1v) is 34.6. The van der Waals surface area contributed by atoms with Gasteiger partial charge in [-0.05, 0) is 96.3 Å². The number of ether oxygens (including phenoxy) is 6. The minimum absolute atomic E-state index is 0.208. The van der Waals surface area contributed by atoms with Crippen LogP contribution in [0.2, 0.25) is 0 Å². The van der Waals surface area contributed by atoms with Crippen molar-refractivity contribution < 1.29 is 89.4 Å². The molecule has 0 aromatic heterocycles. The summed E-state index contributed by atoms with van der Waals surface area (Å²) in [6.45, 7) is 1.57. The molecular formula is C72H121NO18. The molecule has 0 saturated carbocycles. The number of aliphatic hydroxyl groups is 11. The van der Waals surface area contributed by atoms with Crippen LogP contribution in [0.4, 0.5) is 0 Å². The number of hydrogen-bond donors (Lipinski definition) is 12. The summed E-state index contributed by atoms with van der Waals surface area (Å²) >= 11 is 0. The van der Waals surface area contributed by atoms with Gasteiger partial charge in [-0.25, -0.2) is 0 Å². The fourth-order valence-corrected chi connectivity index (χ4v) is 10.9. The van der Waals surface area contributed by atoms with Crippen molar-refractivity contribution in [2.45, 2.75) is 311 Å². The quantitative estimate of drug-likeness (QED) is 0.0200. The van der Waals surface area contributed by atoms with Crippen molar-refractivity contribution in [1.82, 2.24) is 5.32 Å². The lowest BCUT2D eigenvalue weighted by molar-refractivity contribution is -0.379. The number of allylic oxidation sites excluding steroid dienone is 17. The van der Waals surface area contributed by atoms with Crippen LogP contribution < -0.4 is 5.32 Å². The standard InChI is InChI=1S/C72H121NO18/c1-3-5-7-9-11-13-15-17-19-21-23-25-26-27-28-30-32-34-36-38-40-42-44-46-48-50-60(78)73-55(56(77)49-47-45-43-41-39-37-35-33-31-29-24-22-20-18-16-14-12-10-8-6-4-2)54-86-70-66(84)63(81)68(58(52-75)88-70)91-72-67(85)64(82)69(59(53-76)89-72)90-71-65(83)62(80)61(79)57(51-74)87-71/h5,7,11,13,17,19,23,25,27-28,31-34,39,41,47,49,55-59,61-72,74-77,79-85H,3-4,6,8-10,12,14-16,18,20-22,24,26,29-30,35-38,40,42-46,48,50-54H2,1-2H3,(H,73,78)/b7-5-,13-11-,19-17-,25-23-,28-27-,33-31+,34-32-,41-39+,49-47+. The molecule has 19 nitrogen and oxygen atoms in total. The molecule has 91 heavy (non-hydrogen) atoms. The minimum atomic E-state index is -1.99. The van der Waals surface area contributed by atoms with Crippen molar-refractivity contribution in [3.05, 3.63) is 109 Å². The molecule has 0 aromatic carbocycles. The topological polar surface area (TPSA) is 307 Å². The fourth-order valence-electron chi connectivity index (χ4n) is 10.9. The SMILES string of the molecule is CC/C=C\C/C=C\C/C=C\C/C=C\C/C=C\C/C=C\CCCCCCCCC(=O)NC(COC1OC(CO)C(OC2OC(CO)C(OC3OC(CO)C(O)C(O)C3O)C(O)C2O)C(O)C1O)C(O)/C=C/CC/C=C/CC/C=C/CCCCCCCCCCCCC. The van der Waals surface area contributed by atoms with Crippen molar-refractivity contribution in [3.63, 3.8) is 0 Å². The number of carbonyl (C=O) groups is 1. The predicted molar refractivity (Wildman–Crippen MR) is 355 cm³/mol. The van der Waals surface area contributed by atoms with Gasteiger partial charge in [-0.3, -0.25) is 4.79 Å². The number of rotatable bonds is 51. The molecule has 3 heterocycles. The van der Waals surface area contributed by atoms with E-state index in [9.17, 15) is 61.0 Å². The molecule has 0 bridgehead atoms. The van der Waals surface area contributed by atoms with E-state index >= 15 is 0 Å². The summed E-state index contributed by atoms with van der Waals surface area (Å²) in [7, 11) is 0. The Morgan fingerprint density at radius 2 is 0.769 bits per heavy atom. The molecule has 3 saturated heterocycles. The average molecular weight is 1290 g/mol. The average Bonchev–Trinajstić information content (AvgIpc) is 0.883. The summed E-state index contributed by atoms with van der Waals surface area (Å²) in [5.74, 6) is -0.309. The van der Waals surface area contributed by atoms with Gasteiger partial charge < -0.3 is 89.9 Å². The molecule has 3 rings (SSSR count). The maximum atomic E-state index is 13.4. The van der Waals surface area contributed by atoms with Crippen LogP contribution in [0.25, 0.3) is 0 Å². The third kappa shape index (κ3) is 34.6. The third-order valence-corrected chi connectivity index (χ3v) is 16.5. The van der Waals surface area contributed by atoms with E-state index in [1.165, 1.54) is 70.6 Å². The van der Waals surface area contributed by atoms with Gasteiger partial charge >= 0.3 is 0 Å². The number of aliphatic hydroxyl groups excluding tert-OH is 11. The fraction of sp³-hybridized carbons (Fsp3) is 0.736. The van der Waals surface area contributed by atoms with Crippen molar-refractivity contribution in [2.75, 3.05) is 26.4 Å². The molecule has 0 radical (unpaired) electrons. The molecule has 12 N–H and O–H groups in total. The smallest absolute Gasteiger partial charge is 0.220 e. The summed E-state index contributed by atoms with van der Waals surface area (Å²) in [5.41, 5.74) is 0. The van der Waals surface area contributed by atoms with Crippen LogP contribution in [0.1, 0.15) is 206 Å². The first-order chi connectivity index (χ1) is 44.3. The van der Waals surface area contributed by atoms with Crippen LogP contribution in [0.15, 0.2) is 109 Å². The van der Waals surface area contributed by atoms with Gasteiger partial charge in [0.15, 0.2) is 18.9 Å². The zero-order valence-corrected chi connectivity index (χ0v) is 55.0. The van der Waals surface area contributed by atoms with Gasteiger partial charge in [0.1, 0.15) is 73.2 Å². The van der Waals surface area contributed by atoms with Crippen LogP contribution in [0, 0.1) is 0 Å². The van der Waals surface area contributed by atoms with Crippen molar-refractivity contribution in [3.8, 4) is 0 Å². The highest BCUT2D eigenvalue weighted by molar-refractivity contribution is 5.76. The molecular weight excluding hydrogens is 1170 g/mol.